The Kier molecular flexibility index (Phi) is 3.00. The van der Waals surface area contributed by atoms with E-state index in [1.807, 2.05) is 6.07 Å². The van der Waals surface area contributed by atoms with E-state index >= 15 is 0 Å². The molecule has 0 aromatic carbocycles. The Morgan fingerprint density at radius 3 is 2.93 bits per heavy atom. The van der Waals surface area contributed by atoms with Crippen LogP contribution < -0.4 is 11.1 Å². The number of nitrogens with one attached hydrogen (secondary N) is 1. The molecule has 0 aliphatic heterocycles. The molecule has 0 saturated heterocycles. The van der Waals surface area contributed by atoms with Gasteiger partial charge in [-0.3, -0.25) is 0 Å². The van der Waals surface area contributed by atoms with Gasteiger partial charge in [-0.2, -0.15) is 0 Å². The van der Waals surface area contributed by atoms with Crippen molar-refractivity contribution in [1.29, 1.82) is 0 Å². The number of hydrogen-bond donors (Lipinski definition) is 2. The fourth-order valence-electron chi connectivity index (χ4n) is 1.70. The third-order valence-electron chi connectivity index (χ3n) is 2.85. The first-order valence-corrected chi connectivity index (χ1v) is 5.70. The summed E-state index contributed by atoms with van der Waals surface area (Å²) in [6.07, 6.45) is 2.74. The monoisotopic (exact) mass is 225 g/mol. The maximum Gasteiger partial charge on any atom is 0.133 e. The largest absolute Gasteiger partial charge is 0.399 e. The maximum absolute atomic E-state index is 5.81. The summed E-state index contributed by atoms with van der Waals surface area (Å²) in [4.78, 5) is 4.16. The fourth-order valence-corrected chi connectivity index (χ4v) is 1.92. The molecule has 1 saturated carbocycles. The summed E-state index contributed by atoms with van der Waals surface area (Å²) in [6.45, 7) is 3.20. The van der Waals surface area contributed by atoms with Crippen molar-refractivity contribution in [2.45, 2.75) is 19.8 Å². The molecule has 0 bridgehead atoms. The second-order valence-electron chi connectivity index (χ2n) is 4.30. The van der Waals surface area contributed by atoms with Gasteiger partial charge in [-0.25, -0.2) is 4.98 Å². The summed E-state index contributed by atoms with van der Waals surface area (Å²) in [5, 5.41) is 3.71. The summed E-state index contributed by atoms with van der Waals surface area (Å²) >= 11 is 5.81. The highest BCUT2D eigenvalue weighted by Gasteiger charge is 2.27. The van der Waals surface area contributed by atoms with E-state index in [1.165, 1.54) is 12.8 Å². The zero-order valence-corrected chi connectivity index (χ0v) is 9.59. The Bertz CT molecular complexity index is 329. The van der Waals surface area contributed by atoms with E-state index in [1.54, 1.807) is 6.07 Å². The molecule has 82 valence electrons. The van der Waals surface area contributed by atoms with Crippen LogP contribution in [-0.2, 0) is 0 Å². The van der Waals surface area contributed by atoms with Crippen molar-refractivity contribution in [3.63, 3.8) is 0 Å². The van der Waals surface area contributed by atoms with Gasteiger partial charge in [0.05, 0.1) is 0 Å². The van der Waals surface area contributed by atoms with Gasteiger partial charge in [0.2, 0.25) is 0 Å². The molecule has 0 spiro atoms. The van der Waals surface area contributed by atoms with Gasteiger partial charge in [-0.15, -0.1) is 0 Å². The molecule has 2 rings (SSSR count). The average molecular weight is 226 g/mol. The van der Waals surface area contributed by atoms with Crippen LogP contribution in [0, 0.1) is 11.8 Å². The first-order valence-electron chi connectivity index (χ1n) is 5.32. The Hall–Kier alpha value is -0.960. The van der Waals surface area contributed by atoms with Crippen LogP contribution in [0.1, 0.15) is 19.8 Å². The third kappa shape index (κ3) is 2.99. The molecular weight excluding hydrogens is 210 g/mol. The van der Waals surface area contributed by atoms with Gasteiger partial charge in [0, 0.05) is 18.3 Å². The first-order chi connectivity index (χ1) is 7.15. The van der Waals surface area contributed by atoms with E-state index in [-0.39, 0.29) is 0 Å². The van der Waals surface area contributed by atoms with Gasteiger partial charge in [-0.1, -0.05) is 18.5 Å². The van der Waals surface area contributed by atoms with Crippen LogP contribution in [0.5, 0.6) is 0 Å². The second-order valence-corrected chi connectivity index (χ2v) is 4.69. The minimum absolute atomic E-state index is 0.441. The predicted octanol–water partition coefficient (Wildman–Crippen LogP) is 2.78. The number of nitrogens with two attached hydrogens (primary N) is 1. The van der Waals surface area contributed by atoms with Crippen molar-refractivity contribution in [1.82, 2.24) is 4.98 Å². The third-order valence-corrected chi connectivity index (χ3v) is 3.04. The van der Waals surface area contributed by atoms with Gasteiger partial charge < -0.3 is 11.1 Å². The Labute approximate surface area is 95.0 Å². The first kappa shape index (κ1) is 10.6. The topological polar surface area (TPSA) is 50.9 Å². The molecule has 4 heteroatoms. The Balaban J connectivity index is 1.91. The minimum Gasteiger partial charge on any atom is -0.399 e. The normalized spacial score (nSPS) is 17.5. The van der Waals surface area contributed by atoms with Crippen LogP contribution in [0.3, 0.4) is 0 Å². The lowest BCUT2D eigenvalue weighted by atomic mass is 10.1. The molecule has 0 radical (unpaired) electrons. The molecule has 1 aromatic heterocycles. The maximum atomic E-state index is 5.81. The summed E-state index contributed by atoms with van der Waals surface area (Å²) < 4.78 is 0. The molecule has 1 aliphatic rings. The molecule has 1 heterocycles. The number of rotatable bonds is 4. The van der Waals surface area contributed by atoms with E-state index in [0.29, 0.717) is 16.8 Å². The lowest BCUT2D eigenvalue weighted by Crippen LogP contribution is -2.13. The van der Waals surface area contributed by atoms with Crippen molar-refractivity contribution in [2.75, 3.05) is 17.6 Å². The van der Waals surface area contributed by atoms with Crippen molar-refractivity contribution >= 4 is 23.1 Å². The highest BCUT2D eigenvalue weighted by atomic mass is 35.5. The lowest BCUT2D eigenvalue weighted by molar-refractivity contribution is 0.536. The zero-order valence-electron chi connectivity index (χ0n) is 8.83. The van der Waals surface area contributed by atoms with E-state index < -0.39 is 0 Å². The van der Waals surface area contributed by atoms with Crippen molar-refractivity contribution < 1.29 is 0 Å². The van der Waals surface area contributed by atoms with E-state index in [9.17, 15) is 0 Å². The van der Waals surface area contributed by atoms with Crippen molar-refractivity contribution in [3.8, 4) is 0 Å². The number of pyridine rings is 1. The Morgan fingerprint density at radius 2 is 2.33 bits per heavy atom. The molecule has 1 atom stereocenters. The number of hydrogen-bond acceptors (Lipinski definition) is 3. The highest BCUT2D eigenvalue weighted by Crippen LogP contribution is 2.36. The van der Waals surface area contributed by atoms with Crippen LogP contribution in [0.15, 0.2) is 12.1 Å². The summed E-state index contributed by atoms with van der Waals surface area (Å²) in [7, 11) is 0. The van der Waals surface area contributed by atoms with Gasteiger partial charge >= 0.3 is 0 Å². The van der Waals surface area contributed by atoms with Crippen molar-refractivity contribution in [3.05, 3.63) is 17.3 Å². The molecule has 3 nitrogen and oxygen atoms in total. The van der Waals surface area contributed by atoms with Crippen LogP contribution >= 0.6 is 11.6 Å². The van der Waals surface area contributed by atoms with E-state index in [2.05, 4.69) is 17.2 Å². The van der Waals surface area contributed by atoms with Crippen LogP contribution in [0.2, 0.25) is 5.15 Å². The van der Waals surface area contributed by atoms with E-state index in [0.717, 1.165) is 18.3 Å². The quantitative estimate of drug-likeness (QED) is 0.775. The molecule has 1 unspecified atom stereocenters. The summed E-state index contributed by atoms with van der Waals surface area (Å²) in [6, 6.07) is 3.46. The number of halogens is 1. The second kappa shape index (κ2) is 4.27. The van der Waals surface area contributed by atoms with Gasteiger partial charge in [0.1, 0.15) is 11.0 Å². The fraction of sp³-hybridized carbons (Fsp3) is 0.545. The number of aromatic nitrogens is 1. The Morgan fingerprint density at radius 1 is 1.60 bits per heavy atom. The minimum atomic E-state index is 0.441. The smallest absolute Gasteiger partial charge is 0.133 e. The van der Waals surface area contributed by atoms with Crippen molar-refractivity contribution in [2.24, 2.45) is 11.8 Å². The molecular formula is C11H16ClN3. The predicted molar refractivity (Wildman–Crippen MR) is 64.0 cm³/mol. The van der Waals surface area contributed by atoms with Crippen LogP contribution in [0.25, 0.3) is 0 Å². The standard InChI is InChI=1S/C11H16ClN3/c1-7(8-2-3-8)6-14-11-5-9(13)4-10(12)15-11/h4-5,7-8H,2-3,6H2,1H3,(H3,13,14,15). The van der Waals surface area contributed by atoms with Crippen LogP contribution in [0.4, 0.5) is 11.5 Å². The highest BCUT2D eigenvalue weighted by molar-refractivity contribution is 6.29. The summed E-state index contributed by atoms with van der Waals surface area (Å²) in [5.74, 6) is 2.37. The lowest BCUT2D eigenvalue weighted by Gasteiger charge is -2.12. The number of nitrogens with zero attached hydrogens (tertiary/aromatic N) is 1. The number of anilines is 2. The SMILES string of the molecule is CC(CNc1cc(N)cc(Cl)n1)C1CC1. The molecule has 1 aliphatic carbocycles. The van der Waals surface area contributed by atoms with Gasteiger partial charge in [-0.05, 0) is 30.7 Å². The molecule has 0 amide bonds. The van der Waals surface area contributed by atoms with Crippen LogP contribution in [-0.4, -0.2) is 11.5 Å². The molecule has 1 aromatic rings. The van der Waals surface area contributed by atoms with Gasteiger partial charge in [0.15, 0.2) is 0 Å². The molecule has 15 heavy (non-hydrogen) atoms. The average Bonchev–Trinajstić information content (AvgIpc) is 2.95. The molecule has 1 fully saturated rings. The molecule has 3 N–H and O–H groups in total. The van der Waals surface area contributed by atoms with Gasteiger partial charge in [0.25, 0.3) is 0 Å². The summed E-state index contributed by atoms with van der Waals surface area (Å²) in [5.41, 5.74) is 6.32. The number of nitrogen functional groups attached to an aromatic ring is 1. The van der Waals surface area contributed by atoms with E-state index in [4.69, 9.17) is 17.3 Å². The zero-order chi connectivity index (χ0) is 10.8.